The molecule has 192 valence electrons. The van der Waals surface area contributed by atoms with E-state index >= 15 is 0 Å². The van der Waals surface area contributed by atoms with Crippen LogP contribution in [0.15, 0.2) is 35.5 Å². The van der Waals surface area contributed by atoms with Crippen molar-refractivity contribution in [1.82, 2.24) is 25.3 Å². The highest BCUT2D eigenvalue weighted by Gasteiger charge is 2.40. The molecule has 0 spiro atoms. The molecule has 2 heterocycles. The number of carbonyl (C=O) groups is 3. The topological polar surface area (TPSA) is 103 Å². The maximum Gasteiger partial charge on any atom is 0.338 e. The van der Waals surface area contributed by atoms with Crippen LogP contribution in [0.1, 0.15) is 39.3 Å². The van der Waals surface area contributed by atoms with Gasteiger partial charge in [0.2, 0.25) is 0 Å². The van der Waals surface area contributed by atoms with Gasteiger partial charge in [0.1, 0.15) is 5.75 Å². The van der Waals surface area contributed by atoms with Gasteiger partial charge in [-0.05, 0) is 33.8 Å². The Morgan fingerprint density at radius 1 is 1.17 bits per heavy atom. The molecular formula is C25H37N5O5. The van der Waals surface area contributed by atoms with Crippen LogP contribution in [0, 0.1) is 0 Å². The summed E-state index contributed by atoms with van der Waals surface area (Å²) in [6.07, 6.45) is 0. The Morgan fingerprint density at radius 3 is 2.54 bits per heavy atom. The predicted molar refractivity (Wildman–Crippen MR) is 132 cm³/mol. The lowest BCUT2D eigenvalue weighted by molar-refractivity contribution is -0.139. The third-order valence-corrected chi connectivity index (χ3v) is 6.37. The van der Waals surface area contributed by atoms with E-state index in [4.69, 9.17) is 9.47 Å². The van der Waals surface area contributed by atoms with Gasteiger partial charge in [-0.15, -0.1) is 0 Å². The highest BCUT2D eigenvalue weighted by atomic mass is 16.5. The molecule has 3 rings (SSSR count). The zero-order chi connectivity index (χ0) is 25.5. The minimum Gasteiger partial charge on any atom is -0.496 e. The zero-order valence-corrected chi connectivity index (χ0v) is 21.3. The van der Waals surface area contributed by atoms with Crippen molar-refractivity contribution in [2.24, 2.45) is 0 Å². The van der Waals surface area contributed by atoms with Gasteiger partial charge >= 0.3 is 18.0 Å². The Labute approximate surface area is 207 Å². The van der Waals surface area contributed by atoms with E-state index in [0.717, 1.165) is 0 Å². The Balaban J connectivity index is 2.00. The summed E-state index contributed by atoms with van der Waals surface area (Å²) in [6.45, 7) is 10.9. The van der Waals surface area contributed by atoms with Crippen molar-refractivity contribution >= 4 is 18.0 Å². The first-order valence-electron chi connectivity index (χ1n) is 12.2. The van der Waals surface area contributed by atoms with Crippen molar-refractivity contribution in [2.45, 2.75) is 39.8 Å². The molecule has 35 heavy (non-hydrogen) atoms. The molecule has 4 amide bonds. The van der Waals surface area contributed by atoms with E-state index in [0.29, 0.717) is 61.9 Å². The summed E-state index contributed by atoms with van der Waals surface area (Å²) in [5.41, 5.74) is 1.70. The van der Waals surface area contributed by atoms with E-state index in [1.165, 1.54) is 0 Å². The Bertz CT molecular complexity index is 965. The molecule has 0 aliphatic carbocycles. The zero-order valence-electron chi connectivity index (χ0n) is 21.3. The molecule has 0 aromatic heterocycles. The van der Waals surface area contributed by atoms with Crippen LogP contribution in [-0.2, 0) is 9.53 Å². The van der Waals surface area contributed by atoms with Crippen molar-refractivity contribution in [3.8, 4) is 5.75 Å². The van der Waals surface area contributed by atoms with E-state index in [1.807, 2.05) is 43.9 Å². The van der Waals surface area contributed by atoms with E-state index in [9.17, 15) is 14.4 Å². The van der Waals surface area contributed by atoms with Gasteiger partial charge in [-0.2, -0.15) is 0 Å². The number of rotatable bonds is 8. The van der Waals surface area contributed by atoms with Gasteiger partial charge in [-0.3, -0.25) is 9.80 Å². The fraction of sp³-hybridized carbons (Fsp3) is 0.560. The van der Waals surface area contributed by atoms with Gasteiger partial charge in [0.05, 0.1) is 25.3 Å². The van der Waals surface area contributed by atoms with Gasteiger partial charge in [-0.25, -0.2) is 14.4 Å². The number of hydrogen-bond acceptors (Lipinski definition) is 6. The van der Waals surface area contributed by atoms with Gasteiger partial charge in [-0.1, -0.05) is 18.2 Å². The Kier molecular flexibility index (Phi) is 8.97. The number of nitrogens with zero attached hydrogens (tertiary/aromatic N) is 3. The fourth-order valence-corrected chi connectivity index (χ4v) is 4.74. The molecule has 2 atom stereocenters. The SMILES string of the molecule is CCNC(=O)N1CCN(CC2=C(C(=O)OCC)[C@H](c3ccccc3OC)NC(=O)N2CC)C[C@@H]1C. The van der Waals surface area contributed by atoms with Gasteiger partial charge in [0.25, 0.3) is 0 Å². The summed E-state index contributed by atoms with van der Waals surface area (Å²) in [7, 11) is 1.56. The van der Waals surface area contributed by atoms with Crippen molar-refractivity contribution in [3.05, 3.63) is 41.1 Å². The second-order valence-corrected chi connectivity index (χ2v) is 8.56. The molecule has 0 unspecified atom stereocenters. The van der Waals surface area contributed by atoms with Crippen molar-refractivity contribution in [3.63, 3.8) is 0 Å². The van der Waals surface area contributed by atoms with Crippen molar-refractivity contribution in [1.29, 1.82) is 0 Å². The van der Waals surface area contributed by atoms with Crippen LogP contribution in [0.3, 0.4) is 0 Å². The Hall–Kier alpha value is -3.27. The molecule has 0 radical (unpaired) electrons. The third kappa shape index (κ3) is 5.70. The van der Waals surface area contributed by atoms with Crippen LogP contribution in [0.4, 0.5) is 9.59 Å². The standard InChI is InChI=1S/C25H37N5O5/c1-6-26-24(32)30-14-13-28(15-17(30)4)16-19-21(23(31)35-8-3)22(27-25(33)29(19)7-2)18-11-9-10-12-20(18)34-5/h9-12,17,22H,6-8,13-16H2,1-5H3,(H,26,32)(H,27,33)/t17-,22-/m0/s1. The fourth-order valence-electron chi connectivity index (χ4n) is 4.74. The molecule has 2 N–H and O–H groups in total. The monoisotopic (exact) mass is 487 g/mol. The highest BCUT2D eigenvalue weighted by Crippen LogP contribution is 2.36. The molecule has 1 aromatic rings. The van der Waals surface area contributed by atoms with E-state index < -0.39 is 12.0 Å². The molecule has 0 saturated carbocycles. The van der Waals surface area contributed by atoms with Crippen LogP contribution in [0.5, 0.6) is 5.75 Å². The summed E-state index contributed by atoms with van der Waals surface area (Å²) in [6, 6.07) is 6.27. The molecule has 10 heteroatoms. The van der Waals surface area contributed by atoms with Crippen LogP contribution in [0.25, 0.3) is 0 Å². The summed E-state index contributed by atoms with van der Waals surface area (Å²) in [4.78, 5) is 44.4. The molecule has 10 nitrogen and oxygen atoms in total. The molecule has 2 aliphatic heterocycles. The molecular weight excluding hydrogens is 450 g/mol. The molecule has 1 aromatic carbocycles. The number of piperazine rings is 1. The third-order valence-electron chi connectivity index (χ3n) is 6.37. The number of carbonyl (C=O) groups excluding carboxylic acids is 3. The summed E-state index contributed by atoms with van der Waals surface area (Å²) >= 11 is 0. The number of methoxy groups -OCH3 is 1. The maximum absolute atomic E-state index is 13.3. The van der Waals surface area contributed by atoms with Gasteiger partial charge in [0, 0.05) is 56.6 Å². The minimum absolute atomic E-state index is 0.0144. The first kappa shape index (κ1) is 26.3. The number of nitrogens with one attached hydrogen (secondary N) is 2. The molecule has 1 saturated heterocycles. The lowest BCUT2D eigenvalue weighted by atomic mass is 9.93. The number of para-hydroxylation sites is 1. The van der Waals surface area contributed by atoms with Crippen molar-refractivity contribution in [2.75, 3.05) is 53.0 Å². The van der Waals surface area contributed by atoms with Gasteiger partial charge < -0.3 is 25.0 Å². The quantitative estimate of drug-likeness (QED) is 0.546. The van der Waals surface area contributed by atoms with Crippen LogP contribution < -0.4 is 15.4 Å². The largest absolute Gasteiger partial charge is 0.496 e. The number of amides is 4. The second-order valence-electron chi connectivity index (χ2n) is 8.56. The van der Waals surface area contributed by atoms with Crippen LogP contribution in [0.2, 0.25) is 0 Å². The van der Waals surface area contributed by atoms with Crippen LogP contribution >= 0.6 is 0 Å². The normalized spacial score (nSPS) is 21.0. The number of esters is 1. The lowest BCUT2D eigenvalue weighted by Gasteiger charge is -2.42. The average molecular weight is 488 g/mol. The maximum atomic E-state index is 13.3. The molecule has 2 aliphatic rings. The molecule has 1 fully saturated rings. The lowest BCUT2D eigenvalue weighted by Crippen LogP contribution is -2.58. The average Bonchev–Trinajstić information content (AvgIpc) is 2.84. The number of urea groups is 2. The summed E-state index contributed by atoms with van der Waals surface area (Å²) in [5, 5.41) is 5.84. The number of ether oxygens (including phenoxy) is 2. The minimum atomic E-state index is -0.704. The highest BCUT2D eigenvalue weighted by molar-refractivity contribution is 5.95. The first-order chi connectivity index (χ1) is 16.9. The summed E-state index contributed by atoms with van der Waals surface area (Å²) in [5.74, 6) is 0.110. The summed E-state index contributed by atoms with van der Waals surface area (Å²) < 4.78 is 11.0. The van der Waals surface area contributed by atoms with E-state index in [2.05, 4.69) is 15.5 Å². The number of likely N-dealkylation sites (N-methyl/N-ethyl adjacent to an activating group) is 1. The predicted octanol–water partition coefficient (Wildman–Crippen LogP) is 2.33. The number of benzene rings is 1. The van der Waals surface area contributed by atoms with E-state index in [-0.39, 0.29) is 24.7 Å². The van der Waals surface area contributed by atoms with Gasteiger partial charge in [0.15, 0.2) is 0 Å². The van der Waals surface area contributed by atoms with E-state index in [1.54, 1.807) is 25.0 Å². The van der Waals surface area contributed by atoms with Crippen LogP contribution in [-0.4, -0.2) is 91.8 Å². The Morgan fingerprint density at radius 2 is 1.91 bits per heavy atom. The smallest absolute Gasteiger partial charge is 0.338 e. The first-order valence-corrected chi connectivity index (χ1v) is 12.2. The number of hydrogen-bond donors (Lipinski definition) is 2. The van der Waals surface area contributed by atoms with Crippen molar-refractivity contribution < 1.29 is 23.9 Å². The molecule has 0 bridgehead atoms. The second kappa shape index (κ2) is 11.9.